The topological polar surface area (TPSA) is 65.3 Å². The van der Waals surface area contributed by atoms with Crippen LogP contribution < -0.4 is 0 Å². The molecule has 0 fully saturated rings. The molecule has 0 saturated carbocycles. The van der Waals surface area contributed by atoms with Gasteiger partial charge in [-0.25, -0.2) is 18.4 Å². The minimum Gasteiger partial charge on any atom is -0.361 e. The van der Waals surface area contributed by atoms with Crippen LogP contribution >= 0.6 is 0 Å². The first-order chi connectivity index (χ1) is 15.8. The molecule has 2 aromatic carbocycles. The lowest BCUT2D eigenvalue weighted by Gasteiger charge is -2.22. The zero-order chi connectivity index (χ0) is 24.4. The van der Waals surface area contributed by atoms with Crippen LogP contribution in [0.4, 0.5) is 11.4 Å². The molecular formula is C26H38N4O2S. The molecule has 0 aromatic heterocycles. The normalized spacial score (nSPS) is 12.7. The van der Waals surface area contributed by atoms with Crippen LogP contribution in [0.15, 0.2) is 68.3 Å². The summed E-state index contributed by atoms with van der Waals surface area (Å²) in [6.45, 7) is 16.1. The molecule has 33 heavy (non-hydrogen) atoms. The third-order valence-corrected chi connectivity index (χ3v) is 7.49. The quantitative estimate of drug-likeness (QED) is 0.312. The summed E-state index contributed by atoms with van der Waals surface area (Å²) < 4.78 is 26.3. The number of aliphatic imine (C=N–C) groups is 2. The molecule has 180 valence electrons. The van der Waals surface area contributed by atoms with Crippen molar-refractivity contribution >= 4 is 32.9 Å². The Balaban J connectivity index is 2.28. The van der Waals surface area contributed by atoms with Gasteiger partial charge in [0.05, 0.1) is 21.2 Å². The SMILES string of the molecule is CCC(=Nc1ccc(S(=O)(=O)c2ccc(N=C(CC)N(CC)CC)cc2)cc1)N(CC)CC. The number of nitrogens with zero attached hydrogens (tertiary/aromatic N) is 4. The number of hydrogen-bond acceptors (Lipinski definition) is 4. The smallest absolute Gasteiger partial charge is 0.206 e. The van der Waals surface area contributed by atoms with Gasteiger partial charge in [-0.2, -0.15) is 0 Å². The number of benzene rings is 2. The van der Waals surface area contributed by atoms with Crippen LogP contribution in [0.2, 0.25) is 0 Å². The molecule has 0 N–H and O–H groups in total. The Morgan fingerprint density at radius 1 is 0.606 bits per heavy atom. The molecule has 2 rings (SSSR count). The number of amidine groups is 2. The van der Waals surface area contributed by atoms with Gasteiger partial charge in [-0.1, -0.05) is 13.8 Å². The van der Waals surface area contributed by atoms with E-state index in [9.17, 15) is 8.42 Å². The number of hydrogen-bond donors (Lipinski definition) is 0. The maximum atomic E-state index is 13.1. The number of sulfone groups is 1. The van der Waals surface area contributed by atoms with Crippen molar-refractivity contribution in [2.45, 2.75) is 64.2 Å². The molecule has 6 nitrogen and oxygen atoms in total. The molecule has 0 aliphatic rings. The van der Waals surface area contributed by atoms with Gasteiger partial charge >= 0.3 is 0 Å². The lowest BCUT2D eigenvalue weighted by molar-refractivity contribution is 0.457. The van der Waals surface area contributed by atoms with Gasteiger partial charge in [-0.3, -0.25) is 0 Å². The second-order valence-corrected chi connectivity index (χ2v) is 9.55. The third-order valence-electron chi connectivity index (χ3n) is 5.70. The molecule has 0 aliphatic carbocycles. The van der Waals surface area contributed by atoms with E-state index in [0.29, 0.717) is 0 Å². The van der Waals surface area contributed by atoms with Gasteiger partial charge in [-0.05, 0) is 76.2 Å². The fourth-order valence-corrected chi connectivity index (χ4v) is 5.02. The highest BCUT2D eigenvalue weighted by Crippen LogP contribution is 2.26. The van der Waals surface area contributed by atoms with Gasteiger partial charge in [0.1, 0.15) is 11.7 Å². The molecule has 0 unspecified atom stereocenters. The highest BCUT2D eigenvalue weighted by molar-refractivity contribution is 7.91. The van der Waals surface area contributed by atoms with Gasteiger partial charge in [0.2, 0.25) is 9.84 Å². The summed E-state index contributed by atoms with van der Waals surface area (Å²) in [5.41, 5.74) is 1.51. The van der Waals surface area contributed by atoms with E-state index in [1.807, 2.05) is 0 Å². The Labute approximate surface area is 200 Å². The second-order valence-electron chi connectivity index (χ2n) is 7.60. The van der Waals surface area contributed by atoms with Gasteiger partial charge in [0.25, 0.3) is 0 Å². The molecule has 0 spiro atoms. The standard InChI is InChI=1S/C26H38N4O2S/c1-7-25(29(9-3)10-4)27-21-13-17-23(18-14-21)33(31,32)24-19-15-22(16-20-24)28-26(8-2)30(11-5)12-6/h13-20H,7-12H2,1-6H3. The van der Waals surface area contributed by atoms with Crippen LogP contribution in [0.3, 0.4) is 0 Å². The molecular weight excluding hydrogens is 432 g/mol. The molecule has 0 bridgehead atoms. The van der Waals surface area contributed by atoms with Crippen LogP contribution in [0.1, 0.15) is 54.4 Å². The fraction of sp³-hybridized carbons (Fsp3) is 0.462. The largest absolute Gasteiger partial charge is 0.361 e. The van der Waals surface area contributed by atoms with Crippen molar-refractivity contribution in [3.63, 3.8) is 0 Å². The Bertz CT molecular complexity index is 955. The Hall–Kier alpha value is -2.67. The third kappa shape index (κ3) is 6.67. The van der Waals surface area contributed by atoms with E-state index in [1.54, 1.807) is 48.5 Å². The lowest BCUT2D eigenvalue weighted by Crippen LogP contribution is -2.29. The molecule has 0 saturated heterocycles. The molecule has 2 aromatic rings. The first-order valence-corrected chi connectivity index (χ1v) is 13.4. The van der Waals surface area contributed by atoms with Crippen LogP contribution in [0.5, 0.6) is 0 Å². The monoisotopic (exact) mass is 470 g/mol. The summed E-state index contributed by atoms with van der Waals surface area (Å²) in [5, 5.41) is 0. The van der Waals surface area contributed by atoms with Gasteiger partial charge in [0, 0.05) is 39.0 Å². The van der Waals surface area contributed by atoms with Crippen molar-refractivity contribution in [1.29, 1.82) is 0 Å². The van der Waals surface area contributed by atoms with Crippen LogP contribution in [-0.4, -0.2) is 56.1 Å². The summed E-state index contributed by atoms with van der Waals surface area (Å²) in [4.78, 5) is 14.4. The fourth-order valence-electron chi connectivity index (χ4n) is 3.76. The summed E-state index contributed by atoms with van der Waals surface area (Å²) in [6.07, 6.45) is 1.65. The average Bonchev–Trinajstić information content (AvgIpc) is 2.84. The van der Waals surface area contributed by atoms with Crippen molar-refractivity contribution in [3.05, 3.63) is 48.5 Å². The van der Waals surface area contributed by atoms with Crippen molar-refractivity contribution < 1.29 is 8.42 Å². The Morgan fingerprint density at radius 3 is 1.15 bits per heavy atom. The summed E-state index contributed by atoms with van der Waals surface area (Å²) in [5.74, 6) is 2.01. The van der Waals surface area contributed by atoms with E-state index in [1.165, 1.54) is 0 Å². The zero-order valence-electron chi connectivity index (χ0n) is 20.9. The summed E-state index contributed by atoms with van der Waals surface area (Å²) in [7, 11) is -3.61. The molecule has 0 aliphatic heterocycles. The van der Waals surface area contributed by atoms with E-state index in [-0.39, 0.29) is 9.79 Å². The zero-order valence-corrected chi connectivity index (χ0v) is 21.7. The Kier molecular flexibility index (Phi) is 10.1. The van der Waals surface area contributed by atoms with Crippen molar-refractivity contribution in [1.82, 2.24) is 9.80 Å². The molecule has 7 heteroatoms. The van der Waals surface area contributed by atoms with Crippen molar-refractivity contribution in [3.8, 4) is 0 Å². The van der Waals surface area contributed by atoms with Crippen LogP contribution in [-0.2, 0) is 9.84 Å². The first kappa shape index (κ1) is 26.6. The maximum absolute atomic E-state index is 13.1. The number of rotatable bonds is 10. The molecule has 0 heterocycles. The van der Waals surface area contributed by atoms with Gasteiger partial charge in [-0.15, -0.1) is 0 Å². The van der Waals surface area contributed by atoms with E-state index < -0.39 is 9.84 Å². The van der Waals surface area contributed by atoms with Crippen LogP contribution in [0, 0.1) is 0 Å². The highest BCUT2D eigenvalue weighted by atomic mass is 32.2. The molecule has 0 atom stereocenters. The summed E-state index contributed by atoms with van der Waals surface area (Å²) in [6, 6.07) is 13.6. The van der Waals surface area contributed by atoms with Crippen molar-refractivity contribution in [2.75, 3.05) is 26.2 Å². The van der Waals surface area contributed by atoms with Crippen molar-refractivity contribution in [2.24, 2.45) is 9.98 Å². The van der Waals surface area contributed by atoms with Gasteiger partial charge in [0.15, 0.2) is 0 Å². The average molecular weight is 471 g/mol. The molecule has 0 radical (unpaired) electrons. The second kappa shape index (κ2) is 12.5. The van der Waals surface area contributed by atoms with Gasteiger partial charge < -0.3 is 9.80 Å². The van der Waals surface area contributed by atoms with Crippen LogP contribution in [0.25, 0.3) is 0 Å². The maximum Gasteiger partial charge on any atom is 0.206 e. The van der Waals surface area contributed by atoms with E-state index >= 15 is 0 Å². The minimum atomic E-state index is -3.61. The first-order valence-electron chi connectivity index (χ1n) is 11.9. The van der Waals surface area contributed by atoms with E-state index in [4.69, 9.17) is 9.98 Å². The predicted octanol–water partition coefficient (Wildman–Crippen LogP) is 6.08. The Morgan fingerprint density at radius 2 is 0.909 bits per heavy atom. The molecule has 0 amide bonds. The predicted molar refractivity (Wildman–Crippen MR) is 139 cm³/mol. The lowest BCUT2D eigenvalue weighted by atomic mass is 10.3. The minimum absolute atomic E-state index is 0.260. The summed E-state index contributed by atoms with van der Waals surface area (Å²) >= 11 is 0. The van der Waals surface area contributed by atoms with E-state index in [2.05, 4.69) is 51.3 Å². The van der Waals surface area contributed by atoms with E-state index in [0.717, 1.165) is 62.1 Å². The highest BCUT2D eigenvalue weighted by Gasteiger charge is 2.18.